The normalized spacial score (nSPS) is 25.0. The molecule has 152 valence electrons. The fraction of sp³-hybridized carbons (Fsp3) is 0.864. The van der Waals surface area contributed by atoms with Gasteiger partial charge in [-0.1, -0.05) is 52.2 Å². The molecule has 0 spiro atoms. The fourth-order valence-corrected chi connectivity index (χ4v) is 4.23. The predicted molar refractivity (Wildman–Crippen MR) is 106 cm³/mol. The first-order valence-electron chi connectivity index (χ1n) is 10.5. The van der Waals surface area contributed by atoms with Gasteiger partial charge in [0.1, 0.15) is 0 Å². The summed E-state index contributed by atoms with van der Waals surface area (Å²) in [6.45, 7) is 6.05. The fourth-order valence-electron chi connectivity index (χ4n) is 4.23. The van der Waals surface area contributed by atoms with Crippen LogP contribution < -0.4 is 0 Å². The maximum absolute atomic E-state index is 10.9. The van der Waals surface area contributed by atoms with Gasteiger partial charge in [0.15, 0.2) is 0 Å². The summed E-state index contributed by atoms with van der Waals surface area (Å²) in [6.07, 6.45) is 13.7. The van der Waals surface area contributed by atoms with Crippen LogP contribution in [0.5, 0.6) is 0 Å². The number of allylic oxidation sites excluding steroid dienone is 2. The van der Waals surface area contributed by atoms with Crippen molar-refractivity contribution in [2.45, 2.75) is 104 Å². The first kappa shape index (κ1) is 23.2. The molecule has 4 nitrogen and oxygen atoms in total. The molecule has 1 fully saturated rings. The van der Waals surface area contributed by atoms with E-state index in [0.29, 0.717) is 11.8 Å². The van der Waals surface area contributed by atoms with Gasteiger partial charge in [0, 0.05) is 0 Å². The largest absolute Gasteiger partial charge is 0.481 e. The molecule has 1 saturated carbocycles. The molecule has 4 heteroatoms. The van der Waals surface area contributed by atoms with Crippen molar-refractivity contribution in [2.24, 2.45) is 17.3 Å². The molecule has 4 atom stereocenters. The van der Waals surface area contributed by atoms with Crippen molar-refractivity contribution in [3.05, 3.63) is 12.2 Å². The van der Waals surface area contributed by atoms with E-state index >= 15 is 0 Å². The Morgan fingerprint density at radius 3 is 2.58 bits per heavy atom. The van der Waals surface area contributed by atoms with Gasteiger partial charge in [-0.3, -0.25) is 4.79 Å². The van der Waals surface area contributed by atoms with Crippen LogP contribution in [-0.4, -0.2) is 33.5 Å². The Bertz CT molecular complexity index is 430. The van der Waals surface area contributed by atoms with Crippen LogP contribution in [0, 0.1) is 17.3 Å². The highest BCUT2D eigenvalue weighted by molar-refractivity contribution is 5.67. The lowest BCUT2D eigenvalue weighted by molar-refractivity contribution is -0.138. The Morgan fingerprint density at radius 1 is 1.19 bits per heavy atom. The average Bonchev–Trinajstić information content (AvgIpc) is 2.89. The number of unbranched alkanes of at least 4 members (excludes halogenated alkanes) is 2. The average molecular weight is 369 g/mol. The number of hydrogen-bond donors (Lipinski definition) is 3. The smallest absolute Gasteiger partial charge is 0.304 e. The number of aliphatic carboxylic acids is 1. The zero-order valence-electron chi connectivity index (χ0n) is 17.0. The molecule has 0 radical (unpaired) electrons. The molecule has 26 heavy (non-hydrogen) atoms. The van der Waals surface area contributed by atoms with Crippen LogP contribution in [0.25, 0.3) is 0 Å². The van der Waals surface area contributed by atoms with Crippen molar-refractivity contribution < 1.29 is 20.1 Å². The first-order chi connectivity index (χ1) is 12.2. The number of aliphatic hydroxyl groups is 2. The van der Waals surface area contributed by atoms with Crippen LogP contribution >= 0.6 is 0 Å². The van der Waals surface area contributed by atoms with E-state index in [-0.39, 0.29) is 24.0 Å². The van der Waals surface area contributed by atoms with Crippen LogP contribution in [0.1, 0.15) is 91.4 Å². The SMILES string of the molecule is CCCCCC(O)CC[C@H]1CC[C@H](O)[C@@H]1CCC=CC(C)(C)CC(=O)O. The molecule has 0 aromatic carbocycles. The van der Waals surface area contributed by atoms with Gasteiger partial charge in [-0.25, -0.2) is 0 Å². The second kappa shape index (κ2) is 11.8. The zero-order valence-corrected chi connectivity index (χ0v) is 17.0. The van der Waals surface area contributed by atoms with Crippen LogP contribution in [0.3, 0.4) is 0 Å². The van der Waals surface area contributed by atoms with Gasteiger partial charge >= 0.3 is 5.97 Å². The summed E-state index contributed by atoms with van der Waals surface area (Å²) >= 11 is 0. The van der Waals surface area contributed by atoms with E-state index in [1.54, 1.807) is 0 Å². The van der Waals surface area contributed by atoms with Crippen molar-refractivity contribution in [1.29, 1.82) is 0 Å². The standard InChI is InChI=1S/C22H40O4/c1-4-5-6-9-18(23)13-11-17-12-14-20(24)19(17)10-7-8-15-22(2,3)16-21(25)26/h8,15,17-20,23-24H,4-7,9-14,16H2,1-3H3,(H,25,26)/t17-,18?,19+,20-/m0/s1. The monoisotopic (exact) mass is 368 g/mol. The van der Waals surface area contributed by atoms with Gasteiger partial charge in [-0.05, 0) is 62.2 Å². The number of carboxylic acids is 1. The summed E-state index contributed by atoms with van der Waals surface area (Å²) < 4.78 is 0. The molecule has 0 aliphatic heterocycles. The van der Waals surface area contributed by atoms with Gasteiger partial charge in [0.25, 0.3) is 0 Å². The van der Waals surface area contributed by atoms with E-state index < -0.39 is 5.97 Å². The van der Waals surface area contributed by atoms with E-state index in [1.165, 1.54) is 12.8 Å². The lowest BCUT2D eigenvalue weighted by Crippen LogP contribution is -2.20. The number of aliphatic hydroxyl groups excluding tert-OH is 2. The van der Waals surface area contributed by atoms with Crippen LogP contribution in [0.4, 0.5) is 0 Å². The topological polar surface area (TPSA) is 77.8 Å². The summed E-state index contributed by atoms with van der Waals surface area (Å²) in [5.41, 5.74) is -0.331. The van der Waals surface area contributed by atoms with Crippen LogP contribution in [0.2, 0.25) is 0 Å². The molecule has 0 aromatic rings. The first-order valence-corrected chi connectivity index (χ1v) is 10.5. The molecular weight excluding hydrogens is 328 g/mol. The summed E-state index contributed by atoms with van der Waals surface area (Å²) in [6, 6.07) is 0. The molecular formula is C22H40O4. The number of hydrogen-bond acceptors (Lipinski definition) is 3. The van der Waals surface area contributed by atoms with Crippen molar-refractivity contribution in [2.75, 3.05) is 0 Å². The van der Waals surface area contributed by atoms with E-state index in [2.05, 4.69) is 13.0 Å². The molecule has 0 amide bonds. The molecule has 0 bridgehead atoms. The molecule has 1 aliphatic rings. The van der Waals surface area contributed by atoms with Gasteiger partial charge in [0.05, 0.1) is 18.6 Å². The second-order valence-electron chi connectivity index (χ2n) is 8.83. The Morgan fingerprint density at radius 2 is 1.92 bits per heavy atom. The second-order valence-corrected chi connectivity index (χ2v) is 8.83. The highest BCUT2D eigenvalue weighted by Gasteiger charge is 2.34. The molecule has 1 aliphatic carbocycles. The molecule has 1 rings (SSSR count). The van der Waals surface area contributed by atoms with Gasteiger partial charge in [0.2, 0.25) is 0 Å². The highest BCUT2D eigenvalue weighted by Crippen LogP contribution is 2.38. The third-order valence-corrected chi connectivity index (χ3v) is 5.79. The van der Waals surface area contributed by atoms with Gasteiger partial charge in [-0.15, -0.1) is 0 Å². The number of carboxylic acid groups (broad SMARTS) is 1. The maximum atomic E-state index is 10.9. The van der Waals surface area contributed by atoms with Crippen molar-refractivity contribution >= 4 is 5.97 Å². The lowest BCUT2D eigenvalue weighted by Gasteiger charge is -2.23. The van der Waals surface area contributed by atoms with Crippen molar-refractivity contribution in [3.63, 3.8) is 0 Å². The van der Waals surface area contributed by atoms with Crippen molar-refractivity contribution in [3.8, 4) is 0 Å². The van der Waals surface area contributed by atoms with Gasteiger partial charge < -0.3 is 15.3 Å². The Labute approximate surface area is 159 Å². The Balaban J connectivity index is 2.37. The third kappa shape index (κ3) is 9.18. The Hall–Kier alpha value is -0.870. The van der Waals surface area contributed by atoms with E-state index in [9.17, 15) is 15.0 Å². The molecule has 0 heterocycles. The minimum absolute atomic E-state index is 0.133. The highest BCUT2D eigenvalue weighted by atomic mass is 16.4. The zero-order chi connectivity index (χ0) is 19.6. The summed E-state index contributed by atoms with van der Waals surface area (Å²) in [7, 11) is 0. The third-order valence-electron chi connectivity index (χ3n) is 5.79. The lowest BCUT2D eigenvalue weighted by atomic mass is 9.85. The predicted octanol–water partition coefficient (Wildman–Crippen LogP) is 4.93. The Kier molecular flexibility index (Phi) is 10.5. The quantitative estimate of drug-likeness (QED) is 0.318. The molecule has 0 aromatic heterocycles. The molecule has 1 unspecified atom stereocenters. The van der Waals surface area contributed by atoms with Crippen molar-refractivity contribution in [1.82, 2.24) is 0 Å². The van der Waals surface area contributed by atoms with E-state index in [4.69, 9.17) is 5.11 Å². The molecule has 3 N–H and O–H groups in total. The maximum Gasteiger partial charge on any atom is 0.304 e. The summed E-state index contributed by atoms with van der Waals surface area (Å²) in [5, 5.41) is 29.4. The van der Waals surface area contributed by atoms with Crippen LogP contribution in [0.15, 0.2) is 12.2 Å². The minimum Gasteiger partial charge on any atom is -0.481 e. The number of rotatable bonds is 13. The van der Waals surface area contributed by atoms with Crippen LogP contribution in [-0.2, 0) is 4.79 Å². The molecule has 0 saturated heterocycles. The van der Waals surface area contributed by atoms with E-state index in [1.807, 2.05) is 19.9 Å². The summed E-state index contributed by atoms with van der Waals surface area (Å²) in [5.74, 6) is 0.0414. The van der Waals surface area contributed by atoms with E-state index in [0.717, 1.165) is 51.4 Å². The number of carbonyl (C=O) groups is 1. The minimum atomic E-state index is -0.775. The van der Waals surface area contributed by atoms with Gasteiger partial charge in [-0.2, -0.15) is 0 Å². The summed E-state index contributed by atoms with van der Waals surface area (Å²) in [4.78, 5) is 10.9.